The molecule has 0 aliphatic rings. The van der Waals surface area contributed by atoms with Crippen LogP contribution in [0.1, 0.15) is 10.4 Å². The summed E-state index contributed by atoms with van der Waals surface area (Å²) in [5, 5.41) is 2.89. The molecule has 6 heteroatoms. The van der Waals surface area contributed by atoms with Gasteiger partial charge < -0.3 is 14.9 Å². The summed E-state index contributed by atoms with van der Waals surface area (Å²) >= 11 is 0. The Morgan fingerprint density at radius 2 is 1.81 bits per heavy atom. The van der Waals surface area contributed by atoms with Crippen LogP contribution in [0.5, 0.6) is 0 Å². The first-order valence-electron chi connectivity index (χ1n) is 7.98. The molecule has 0 spiro atoms. The van der Waals surface area contributed by atoms with E-state index in [2.05, 4.69) is 10.3 Å². The maximum Gasteiger partial charge on any atom is 0.261 e. The van der Waals surface area contributed by atoms with Crippen molar-refractivity contribution in [3.8, 4) is 5.69 Å². The molecule has 0 bridgehead atoms. The van der Waals surface area contributed by atoms with Gasteiger partial charge in [-0.25, -0.2) is 4.39 Å². The maximum atomic E-state index is 14.1. The number of hydrogen-bond acceptors (Lipinski definition) is 2. The number of fused-ring (bicyclic) bond motifs is 1. The number of amides is 1. The van der Waals surface area contributed by atoms with Gasteiger partial charge in [0.15, 0.2) is 0 Å². The van der Waals surface area contributed by atoms with Crippen LogP contribution in [-0.4, -0.2) is 15.5 Å². The number of halogens is 1. The fourth-order valence-electron chi connectivity index (χ4n) is 2.80. The van der Waals surface area contributed by atoms with Crippen molar-refractivity contribution in [2.24, 2.45) is 0 Å². The lowest BCUT2D eigenvalue weighted by atomic mass is 10.1. The molecule has 2 N–H and O–H groups in total. The first-order chi connectivity index (χ1) is 12.6. The van der Waals surface area contributed by atoms with E-state index in [0.29, 0.717) is 16.6 Å². The molecule has 0 radical (unpaired) electrons. The Labute approximate surface area is 147 Å². The molecule has 0 aliphatic carbocycles. The van der Waals surface area contributed by atoms with Gasteiger partial charge in [0.2, 0.25) is 5.43 Å². The molecular weight excluding hydrogens is 333 g/mol. The molecule has 2 aromatic heterocycles. The number of carbonyl (C=O) groups excluding carboxylic acids is 1. The van der Waals surface area contributed by atoms with Crippen molar-refractivity contribution in [2.45, 2.75) is 0 Å². The zero-order chi connectivity index (χ0) is 18.1. The largest absolute Gasteiger partial charge is 0.360 e. The van der Waals surface area contributed by atoms with Crippen LogP contribution in [0.3, 0.4) is 0 Å². The molecule has 128 valence electrons. The molecule has 1 amide bonds. The minimum Gasteiger partial charge on any atom is -0.360 e. The van der Waals surface area contributed by atoms with Crippen molar-refractivity contribution in [2.75, 3.05) is 5.32 Å². The Bertz CT molecular complexity index is 1160. The third-order valence-electron chi connectivity index (χ3n) is 4.13. The van der Waals surface area contributed by atoms with Crippen LogP contribution >= 0.6 is 0 Å². The molecule has 2 aromatic carbocycles. The smallest absolute Gasteiger partial charge is 0.261 e. The van der Waals surface area contributed by atoms with Crippen molar-refractivity contribution in [1.82, 2.24) is 9.55 Å². The van der Waals surface area contributed by atoms with E-state index in [1.54, 1.807) is 34.9 Å². The minimum absolute atomic E-state index is 0.00811. The Balaban J connectivity index is 1.70. The Morgan fingerprint density at radius 3 is 2.62 bits per heavy atom. The van der Waals surface area contributed by atoms with Crippen LogP contribution in [0, 0.1) is 5.82 Å². The van der Waals surface area contributed by atoms with E-state index < -0.39 is 17.2 Å². The predicted octanol–water partition coefficient (Wildman–Crippen LogP) is 3.71. The first-order valence-corrected chi connectivity index (χ1v) is 7.98. The fourth-order valence-corrected chi connectivity index (χ4v) is 2.80. The van der Waals surface area contributed by atoms with Gasteiger partial charge in [-0.05, 0) is 42.5 Å². The number of carbonyl (C=O) groups is 1. The number of anilines is 1. The SMILES string of the molecule is O=C(Nc1cc(-n2cccc2)ccc1F)c1c[nH]c2ccccc2c1=O. The van der Waals surface area contributed by atoms with Crippen LogP contribution in [0.15, 0.2) is 78.0 Å². The number of hydrogen-bond donors (Lipinski definition) is 2. The number of aromatic nitrogens is 2. The number of para-hydroxylation sites is 1. The molecular formula is C20H14FN3O2. The Hall–Kier alpha value is -3.67. The van der Waals surface area contributed by atoms with Crippen molar-refractivity contribution < 1.29 is 9.18 Å². The standard InChI is InChI=1S/C20H14FN3O2/c21-16-8-7-13(24-9-3-4-10-24)11-18(16)23-20(26)15-12-22-17-6-2-1-5-14(17)19(15)25/h1-12H,(H,22,25)(H,23,26). The second kappa shape index (κ2) is 6.33. The highest BCUT2D eigenvalue weighted by atomic mass is 19.1. The number of benzene rings is 2. The molecule has 0 saturated carbocycles. The summed E-state index contributed by atoms with van der Waals surface area (Å²) in [6, 6.07) is 15.0. The zero-order valence-corrected chi connectivity index (χ0v) is 13.6. The number of pyridine rings is 1. The topological polar surface area (TPSA) is 66.9 Å². The number of H-pyrrole nitrogens is 1. The van der Waals surface area contributed by atoms with E-state index in [9.17, 15) is 14.0 Å². The summed E-state index contributed by atoms with van der Waals surface area (Å²) in [6.45, 7) is 0. The quantitative estimate of drug-likeness (QED) is 0.593. The third-order valence-corrected chi connectivity index (χ3v) is 4.13. The molecule has 0 atom stereocenters. The number of aromatic amines is 1. The van der Waals surface area contributed by atoms with Gasteiger partial charge in [0.1, 0.15) is 11.4 Å². The van der Waals surface area contributed by atoms with Gasteiger partial charge in [0, 0.05) is 35.2 Å². The van der Waals surface area contributed by atoms with Gasteiger partial charge >= 0.3 is 0 Å². The number of nitrogens with zero attached hydrogens (tertiary/aromatic N) is 1. The second-order valence-corrected chi connectivity index (χ2v) is 5.79. The van der Waals surface area contributed by atoms with Crippen LogP contribution in [-0.2, 0) is 0 Å². The average molecular weight is 347 g/mol. The van der Waals surface area contributed by atoms with Crippen LogP contribution < -0.4 is 10.7 Å². The van der Waals surface area contributed by atoms with Crippen molar-refractivity contribution in [3.05, 3.63) is 94.8 Å². The summed E-state index contributed by atoms with van der Waals surface area (Å²) < 4.78 is 15.9. The van der Waals surface area contributed by atoms with E-state index in [-0.39, 0.29) is 11.3 Å². The lowest BCUT2D eigenvalue weighted by Gasteiger charge is -2.10. The molecule has 5 nitrogen and oxygen atoms in total. The Kier molecular flexibility index (Phi) is 3.85. The van der Waals surface area contributed by atoms with E-state index >= 15 is 0 Å². The molecule has 4 aromatic rings. The van der Waals surface area contributed by atoms with E-state index in [4.69, 9.17) is 0 Å². The predicted molar refractivity (Wildman–Crippen MR) is 98.2 cm³/mol. The summed E-state index contributed by atoms with van der Waals surface area (Å²) in [6.07, 6.45) is 4.97. The molecule has 4 rings (SSSR count). The number of nitrogens with one attached hydrogen (secondary N) is 2. The molecule has 26 heavy (non-hydrogen) atoms. The van der Waals surface area contributed by atoms with Gasteiger partial charge in [-0.1, -0.05) is 12.1 Å². The van der Waals surface area contributed by atoms with Gasteiger partial charge in [-0.2, -0.15) is 0 Å². The lowest BCUT2D eigenvalue weighted by molar-refractivity contribution is 0.102. The first kappa shape index (κ1) is 15.8. The van der Waals surface area contributed by atoms with E-state index in [1.165, 1.54) is 18.3 Å². The van der Waals surface area contributed by atoms with Crippen LogP contribution in [0.2, 0.25) is 0 Å². The van der Waals surface area contributed by atoms with E-state index in [1.807, 2.05) is 24.5 Å². The highest BCUT2D eigenvalue weighted by molar-refractivity contribution is 6.05. The molecule has 0 saturated heterocycles. The average Bonchev–Trinajstić information content (AvgIpc) is 3.19. The number of rotatable bonds is 3. The van der Waals surface area contributed by atoms with Gasteiger partial charge in [0.05, 0.1) is 5.69 Å². The lowest BCUT2D eigenvalue weighted by Crippen LogP contribution is -2.22. The fraction of sp³-hybridized carbons (Fsp3) is 0. The van der Waals surface area contributed by atoms with Gasteiger partial charge in [-0.15, -0.1) is 0 Å². The monoisotopic (exact) mass is 347 g/mol. The van der Waals surface area contributed by atoms with Crippen LogP contribution in [0.4, 0.5) is 10.1 Å². The van der Waals surface area contributed by atoms with Crippen molar-refractivity contribution in [1.29, 1.82) is 0 Å². The normalized spacial score (nSPS) is 10.8. The second-order valence-electron chi connectivity index (χ2n) is 5.79. The molecule has 0 unspecified atom stereocenters. The van der Waals surface area contributed by atoms with Gasteiger partial charge in [-0.3, -0.25) is 9.59 Å². The van der Waals surface area contributed by atoms with Crippen molar-refractivity contribution in [3.63, 3.8) is 0 Å². The third kappa shape index (κ3) is 2.77. The van der Waals surface area contributed by atoms with Crippen LogP contribution in [0.25, 0.3) is 16.6 Å². The maximum absolute atomic E-state index is 14.1. The highest BCUT2D eigenvalue weighted by Gasteiger charge is 2.15. The van der Waals surface area contributed by atoms with Gasteiger partial charge in [0.25, 0.3) is 5.91 Å². The summed E-state index contributed by atoms with van der Waals surface area (Å²) in [4.78, 5) is 28.0. The summed E-state index contributed by atoms with van der Waals surface area (Å²) in [7, 11) is 0. The highest BCUT2D eigenvalue weighted by Crippen LogP contribution is 2.20. The molecule has 0 aliphatic heterocycles. The minimum atomic E-state index is -0.666. The zero-order valence-electron chi connectivity index (χ0n) is 13.6. The summed E-state index contributed by atoms with van der Waals surface area (Å²) in [5.41, 5.74) is 0.857. The summed E-state index contributed by atoms with van der Waals surface area (Å²) in [5.74, 6) is -1.24. The van der Waals surface area contributed by atoms with Crippen molar-refractivity contribution >= 4 is 22.5 Å². The molecule has 2 heterocycles. The Morgan fingerprint density at radius 1 is 1.04 bits per heavy atom. The molecule has 0 fully saturated rings. The van der Waals surface area contributed by atoms with E-state index in [0.717, 1.165) is 0 Å².